The molecule has 15 heavy (non-hydrogen) atoms. The monoisotopic (exact) mass is 218 g/mol. The lowest BCUT2D eigenvalue weighted by molar-refractivity contribution is -0.174. The highest BCUT2D eigenvalue weighted by atomic mass is 16.7. The van der Waals surface area contributed by atoms with Crippen LogP contribution in [0.4, 0.5) is 0 Å². The lowest BCUT2D eigenvalue weighted by Gasteiger charge is -2.20. The number of rotatable bonds is 2. The highest BCUT2D eigenvalue weighted by Gasteiger charge is 2.46. The normalized spacial score (nSPS) is 34.9. The summed E-state index contributed by atoms with van der Waals surface area (Å²) in [4.78, 5) is 21.5. The van der Waals surface area contributed by atoms with Gasteiger partial charge in [0.15, 0.2) is 18.5 Å². The van der Waals surface area contributed by atoms with Crippen LogP contribution in [0, 0.1) is 0 Å². The number of ether oxygens (including phenoxy) is 3. The highest BCUT2D eigenvalue weighted by molar-refractivity contribution is 5.67. The second-order valence-corrected chi connectivity index (χ2v) is 3.38. The van der Waals surface area contributed by atoms with Crippen LogP contribution in [0.1, 0.15) is 20.8 Å². The predicted octanol–water partition coefficient (Wildman–Crippen LogP) is -0.413. The van der Waals surface area contributed by atoms with E-state index in [4.69, 9.17) is 14.2 Å². The molecule has 0 bridgehead atoms. The predicted molar refractivity (Wildman–Crippen MR) is 47.7 cm³/mol. The molecule has 1 aliphatic heterocycles. The van der Waals surface area contributed by atoms with Crippen molar-refractivity contribution in [2.75, 3.05) is 0 Å². The summed E-state index contributed by atoms with van der Waals surface area (Å²) in [6.07, 6.45) is -3.48. The van der Waals surface area contributed by atoms with Gasteiger partial charge in [-0.1, -0.05) is 0 Å². The number of aliphatic hydroxyl groups excluding tert-OH is 1. The van der Waals surface area contributed by atoms with Crippen molar-refractivity contribution in [3.63, 3.8) is 0 Å². The quantitative estimate of drug-likeness (QED) is 0.634. The maximum Gasteiger partial charge on any atom is 0.303 e. The van der Waals surface area contributed by atoms with Gasteiger partial charge in [0, 0.05) is 13.8 Å². The van der Waals surface area contributed by atoms with Crippen molar-refractivity contribution in [1.82, 2.24) is 0 Å². The number of carbonyl (C=O) groups excluding carboxylic acids is 2. The van der Waals surface area contributed by atoms with Gasteiger partial charge in [-0.2, -0.15) is 0 Å². The van der Waals surface area contributed by atoms with Crippen LogP contribution in [-0.2, 0) is 23.8 Å². The Morgan fingerprint density at radius 2 is 1.60 bits per heavy atom. The summed E-state index contributed by atoms with van der Waals surface area (Å²) in [6, 6.07) is 0. The SMILES string of the molecule is CC(=O)O[C@@H]1C(C)OC(O)[C@@H]1OC(C)=O. The van der Waals surface area contributed by atoms with Crippen molar-refractivity contribution in [1.29, 1.82) is 0 Å². The molecule has 6 nitrogen and oxygen atoms in total. The van der Waals surface area contributed by atoms with E-state index in [1.54, 1.807) is 6.92 Å². The first-order valence-electron chi connectivity index (χ1n) is 4.59. The van der Waals surface area contributed by atoms with Crippen LogP contribution in [0.25, 0.3) is 0 Å². The van der Waals surface area contributed by atoms with Crippen molar-refractivity contribution < 1.29 is 28.9 Å². The highest BCUT2D eigenvalue weighted by Crippen LogP contribution is 2.25. The fraction of sp³-hybridized carbons (Fsp3) is 0.778. The minimum atomic E-state index is -1.26. The van der Waals surface area contributed by atoms with Crippen LogP contribution in [0.3, 0.4) is 0 Å². The molecule has 0 saturated carbocycles. The Kier molecular flexibility index (Phi) is 3.65. The third-order valence-corrected chi connectivity index (χ3v) is 2.03. The average molecular weight is 218 g/mol. The number of hydrogen-bond acceptors (Lipinski definition) is 6. The van der Waals surface area contributed by atoms with E-state index in [0.717, 1.165) is 0 Å². The van der Waals surface area contributed by atoms with Gasteiger partial charge in [0.2, 0.25) is 0 Å². The molecule has 1 aliphatic rings. The van der Waals surface area contributed by atoms with Gasteiger partial charge in [0.05, 0.1) is 6.10 Å². The molecule has 2 unspecified atom stereocenters. The second-order valence-electron chi connectivity index (χ2n) is 3.38. The van der Waals surface area contributed by atoms with Crippen LogP contribution in [0.2, 0.25) is 0 Å². The Morgan fingerprint density at radius 1 is 1.13 bits per heavy atom. The Labute approximate surface area is 87.1 Å². The summed E-state index contributed by atoms with van der Waals surface area (Å²) < 4.78 is 14.7. The minimum absolute atomic E-state index is 0.506. The maximum absolute atomic E-state index is 10.8. The van der Waals surface area contributed by atoms with Crippen molar-refractivity contribution in [2.24, 2.45) is 0 Å². The average Bonchev–Trinajstić information content (AvgIpc) is 2.30. The van der Waals surface area contributed by atoms with Crippen molar-refractivity contribution in [3.8, 4) is 0 Å². The third-order valence-electron chi connectivity index (χ3n) is 2.03. The summed E-state index contributed by atoms with van der Waals surface area (Å²) >= 11 is 0. The lowest BCUT2D eigenvalue weighted by Crippen LogP contribution is -2.39. The van der Waals surface area contributed by atoms with E-state index >= 15 is 0 Å². The number of aliphatic hydroxyl groups is 1. The Balaban J connectivity index is 2.70. The topological polar surface area (TPSA) is 82.1 Å². The Bertz CT molecular complexity index is 237. The molecule has 0 aromatic heterocycles. The van der Waals surface area contributed by atoms with Crippen LogP contribution < -0.4 is 0 Å². The lowest BCUT2D eigenvalue weighted by atomic mass is 10.1. The van der Waals surface area contributed by atoms with E-state index in [1.807, 2.05) is 0 Å². The summed E-state index contributed by atoms with van der Waals surface area (Å²) in [7, 11) is 0. The van der Waals surface area contributed by atoms with Crippen LogP contribution in [0.15, 0.2) is 0 Å². The van der Waals surface area contributed by atoms with E-state index in [2.05, 4.69) is 0 Å². The molecule has 1 fully saturated rings. The zero-order valence-corrected chi connectivity index (χ0v) is 8.80. The van der Waals surface area contributed by atoms with Gasteiger partial charge in [-0.05, 0) is 6.92 Å². The molecule has 1 rings (SSSR count). The number of esters is 2. The van der Waals surface area contributed by atoms with Crippen LogP contribution in [0.5, 0.6) is 0 Å². The summed E-state index contributed by atoms with van der Waals surface area (Å²) in [5, 5.41) is 9.40. The molecule has 4 atom stereocenters. The van der Waals surface area contributed by atoms with Crippen molar-refractivity contribution in [3.05, 3.63) is 0 Å². The fourth-order valence-corrected chi connectivity index (χ4v) is 1.48. The van der Waals surface area contributed by atoms with E-state index in [0.29, 0.717) is 0 Å². The van der Waals surface area contributed by atoms with Crippen LogP contribution >= 0.6 is 0 Å². The summed E-state index contributed by atoms with van der Waals surface area (Å²) in [5.74, 6) is -1.07. The van der Waals surface area contributed by atoms with E-state index in [9.17, 15) is 14.7 Å². The Morgan fingerprint density at radius 3 is 2.07 bits per heavy atom. The first-order valence-corrected chi connectivity index (χ1v) is 4.59. The number of carbonyl (C=O) groups is 2. The first-order chi connectivity index (χ1) is 6.91. The van der Waals surface area contributed by atoms with Gasteiger partial charge in [0.1, 0.15) is 0 Å². The summed E-state index contributed by atoms with van der Waals surface area (Å²) in [5.41, 5.74) is 0. The van der Waals surface area contributed by atoms with Gasteiger partial charge in [-0.15, -0.1) is 0 Å². The molecule has 1 N–H and O–H groups in total. The van der Waals surface area contributed by atoms with E-state index in [-0.39, 0.29) is 0 Å². The van der Waals surface area contributed by atoms with Gasteiger partial charge >= 0.3 is 11.9 Å². The molecule has 0 radical (unpaired) electrons. The van der Waals surface area contributed by atoms with Crippen molar-refractivity contribution >= 4 is 11.9 Å². The van der Waals surface area contributed by atoms with Gasteiger partial charge in [0.25, 0.3) is 0 Å². The molecule has 0 spiro atoms. The molecular weight excluding hydrogens is 204 g/mol. The molecule has 0 aromatic carbocycles. The standard InChI is InChI=1S/C9H14O6/c1-4-7(14-5(2)10)8(9(12)13-4)15-6(3)11/h4,7-9,12H,1-3H3/t4?,7-,8-,9?/m1/s1. The smallest absolute Gasteiger partial charge is 0.303 e. The molecule has 0 amide bonds. The molecule has 0 aliphatic carbocycles. The van der Waals surface area contributed by atoms with Gasteiger partial charge in [-0.25, -0.2) is 0 Å². The summed E-state index contributed by atoms with van der Waals surface area (Å²) in [6.45, 7) is 4.07. The van der Waals surface area contributed by atoms with Crippen molar-refractivity contribution in [2.45, 2.75) is 45.4 Å². The largest absolute Gasteiger partial charge is 0.456 e. The third kappa shape index (κ3) is 2.90. The molecule has 0 aromatic rings. The zero-order valence-electron chi connectivity index (χ0n) is 8.80. The van der Waals surface area contributed by atoms with E-state index in [1.165, 1.54) is 13.8 Å². The Hall–Kier alpha value is -1.14. The number of hydrogen-bond donors (Lipinski definition) is 1. The van der Waals surface area contributed by atoms with Gasteiger partial charge < -0.3 is 19.3 Å². The van der Waals surface area contributed by atoms with E-state index < -0.39 is 36.5 Å². The molecule has 6 heteroatoms. The van der Waals surface area contributed by atoms with Crippen LogP contribution in [-0.4, -0.2) is 41.6 Å². The first kappa shape index (κ1) is 11.9. The molecule has 86 valence electrons. The minimum Gasteiger partial charge on any atom is -0.456 e. The zero-order chi connectivity index (χ0) is 11.6. The van der Waals surface area contributed by atoms with Gasteiger partial charge in [-0.3, -0.25) is 9.59 Å². The second kappa shape index (κ2) is 4.59. The molecular formula is C9H14O6. The fourth-order valence-electron chi connectivity index (χ4n) is 1.48. The molecule has 1 saturated heterocycles. The maximum atomic E-state index is 10.8. The molecule has 1 heterocycles.